The van der Waals surface area contributed by atoms with Crippen molar-refractivity contribution in [3.05, 3.63) is 28.2 Å². The van der Waals surface area contributed by atoms with Crippen LogP contribution in [0.25, 0.3) is 0 Å². The summed E-state index contributed by atoms with van der Waals surface area (Å²) in [5, 5.41) is 0. The van der Waals surface area contributed by atoms with Gasteiger partial charge in [-0.2, -0.15) is 0 Å². The van der Waals surface area contributed by atoms with Crippen LogP contribution in [0.3, 0.4) is 0 Å². The first-order valence-corrected chi connectivity index (χ1v) is 7.55. The van der Waals surface area contributed by atoms with Crippen LogP contribution in [0.4, 0.5) is 0 Å². The molecule has 4 heteroatoms. The number of benzene rings is 1. The molecule has 3 nitrogen and oxygen atoms in total. The van der Waals surface area contributed by atoms with Gasteiger partial charge in [0.15, 0.2) is 0 Å². The van der Waals surface area contributed by atoms with Crippen molar-refractivity contribution in [1.29, 1.82) is 0 Å². The van der Waals surface area contributed by atoms with E-state index in [4.69, 9.17) is 9.47 Å². The van der Waals surface area contributed by atoms with Crippen molar-refractivity contribution in [2.75, 3.05) is 6.61 Å². The largest absolute Gasteiger partial charge is 0.489 e. The molecule has 1 heterocycles. The first-order chi connectivity index (χ1) is 9.21. The third kappa shape index (κ3) is 2.70. The number of hydrogen-bond acceptors (Lipinski definition) is 3. The van der Waals surface area contributed by atoms with Gasteiger partial charge < -0.3 is 9.47 Å². The van der Waals surface area contributed by atoms with E-state index in [0.29, 0.717) is 5.56 Å². The molecule has 2 fully saturated rings. The fourth-order valence-corrected chi connectivity index (χ4v) is 3.36. The van der Waals surface area contributed by atoms with Crippen LogP contribution >= 0.6 is 15.9 Å². The molecule has 0 amide bonds. The SMILES string of the molecule is O=Cc1ccc(OC2CCOC3(CCC3)C2)c(Br)c1. The topological polar surface area (TPSA) is 35.5 Å². The maximum Gasteiger partial charge on any atom is 0.150 e. The van der Waals surface area contributed by atoms with Crippen LogP contribution in [-0.2, 0) is 4.74 Å². The molecular formula is C15H17BrO3. The van der Waals surface area contributed by atoms with Crippen LogP contribution in [-0.4, -0.2) is 24.6 Å². The average molecular weight is 325 g/mol. The van der Waals surface area contributed by atoms with Gasteiger partial charge in [-0.05, 0) is 53.4 Å². The van der Waals surface area contributed by atoms with Crippen LogP contribution in [0.15, 0.2) is 22.7 Å². The van der Waals surface area contributed by atoms with Gasteiger partial charge in [0.2, 0.25) is 0 Å². The number of halogens is 1. The summed E-state index contributed by atoms with van der Waals surface area (Å²) < 4.78 is 12.8. The van der Waals surface area contributed by atoms with E-state index in [1.54, 1.807) is 12.1 Å². The summed E-state index contributed by atoms with van der Waals surface area (Å²) in [6.07, 6.45) is 6.57. The molecule has 0 aromatic heterocycles. The summed E-state index contributed by atoms with van der Waals surface area (Å²) in [7, 11) is 0. The van der Waals surface area contributed by atoms with E-state index in [0.717, 1.165) is 48.8 Å². The molecule has 0 radical (unpaired) electrons. The van der Waals surface area contributed by atoms with Gasteiger partial charge in [-0.3, -0.25) is 4.79 Å². The predicted octanol–water partition coefficient (Wildman–Crippen LogP) is 3.74. The van der Waals surface area contributed by atoms with Gasteiger partial charge in [-0.25, -0.2) is 0 Å². The van der Waals surface area contributed by atoms with Crippen molar-refractivity contribution in [2.45, 2.75) is 43.8 Å². The van der Waals surface area contributed by atoms with E-state index in [1.807, 2.05) is 6.07 Å². The smallest absolute Gasteiger partial charge is 0.150 e. The summed E-state index contributed by atoms with van der Waals surface area (Å²) in [4.78, 5) is 10.7. The molecule has 1 unspecified atom stereocenters. The Balaban J connectivity index is 1.69. The van der Waals surface area contributed by atoms with Crippen molar-refractivity contribution < 1.29 is 14.3 Å². The van der Waals surface area contributed by atoms with E-state index in [-0.39, 0.29) is 11.7 Å². The number of carbonyl (C=O) groups is 1. The highest BCUT2D eigenvalue weighted by atomic mass is 79.9. The molecule has 3 rings (SSSR count). The van der Waals surface area contributed by atoms with Crippen molar-refractivity contribution in [3.8, 4) is 5.75 Å². The molecule has 1 aliphatic carbocycles. The lowest BCUT2D eigenvalue weighted by atomic mass is 9.74. The van der Waals surface area contributed by atoms with Gasteiger partial charge >= 0.3 is 0 Å². The molecule has 1 aromatic carbocycles. The summed E-state index contributed by atoms with van der Waals surface area (Å²) in [6, 6.07) is 5.43. The molecule has 102 valence electrons. The number of hydrogen-bond donors (Lipinski definition) is 0. The second-order valence-electron chi connectivity index (χ2n) is 5.43. The standard InChI is InChI=1S/C15H17BrO3/c16-13-8-11(10-17)2-3-14(13)19-12-4-7-18-15(9-12)5-1-6-15/h2-3,8,10,12H,1,4-7,9H2. The lowest BCUT2D eigenvalue weighted by Crippen LogP contribution is -2.48. The minimum absolute atomic E-state index is 0.0954. The Morgan fingerprint density at radius 2 is 2.26 bits per heavy atom. The highest BCUT2D eigenvalue weighted by molar-refractivity contribution is 9.10. The maximum atomic E-state index is 10.7. The monoisotopic (exact) mass is 324 g/mol. The van der Waals surface area contributed by atoms with Crippen molar-refractivity contribution >= 4 is 22.2 Å². The molecular weight excluding hydrogens is 308 g/mol. The van der Waals surface area contributed by atoms with Gasteiger partial charge in [0.05, 0.1) is 16.7 Å². The summed E-state index contributed by atoms with van der Waals surface area (Å²) in [5.41, 5.74) is 0.750. The number of carbonyl (C=O) groups excluding carboxylic acids is 1. The number of ether oxygens (including phenoxy) is 2. The predicted molar refractivity (Wildman–Crippen MR) is 75.7 cm³/mol. The molecule has 2 aliphatic rings. The van der Waals surface area contributed by atoms with E-state index in [1.165, 1.54) is 6.42 Å². The van der Waals surface area contributed by atoms with Gasteiger partial charge in [0.1, 0.15) is 18.1 Å². The van der Waals surface area contributed by atoms with Crippen LogP contribution in [0.1, 0.15) is 42.5 Å². The van der Waals surface area contributed by atoms with Crippen LogP contribution in [0, 0.1) is 0 Å². The molecule has 1 spiro atoms. The molecule has 1 saturated carbocycles. The zero-order valence-electron chi connectivity index (χ0n) is 10.7. The fraction of sp³-hybridized carbons (Fsp3) is 0.533. The minimum atomic E-state index is 0.0954. The Morgan fingerprint density at radius 3 is 2.89 bits per heavy atom. The van der Waals surface area contributed by atoms with Gasteiger partial charge in [-0.1, -0.05) is 0 Å². The fourth-order valence-electron chi connectivity index (χ4n) is 2.87. The third-order valence-corrected chi connectivity index (χ3v) is 4.72. The summed E-state index contributed by atoms with van der Waals surface area (Å²) in [5.74, 6) is 0.812. The Morgan fingerprint density at radius 1 is 1.42 bits per heavy atom. The van der Waals surface area contributed by atoms with Crippen molar-refractivity contribution in [3.63, 3.8) is 0 Å². The van der Waals surface area contributed by atoms with Gasteiger partial charge in [0.25, 0.3) is 0 Å². The van der Waals surface area contributed by atoms with Crippen molar-refractivity contribution in [1.82, 2.24) is 0 Å². The van der Waals surface area contributed by atoms with E-state index < -0.39 is 0 Å². The lowest BCUT2D eigenvalue weighted by molar-refractivity contribution is -0.153. The summed E-state index contributed by atoms with van der Waals surface area (Å²) in [6.45, 7) is 0.786. The van der Waals surface area contributed by atoms with Gasteiger partial charge in [-0.15, -0.1) is 0 Å². The number of rotatable bonds is 3. The zero-order chi connectivity index (χ0) is 13.3. The maximum absolute atomic E-state index is 10.7. The zero-order valence-corrected chi connectivity index (χ0v) is 12.3. The highest BCUT2D eigenvalue weighted by Crippen LogP contribution is 2.43. The molecule has 1 atom stereocenters. The molecule has 0 bridgehead atoms. The number of aldehydes is 1. The van der Waals surface area contributed by atoms with E-state index in [9.17, 15) is 4.79 Å². The molecule has 0 N–H and O–H groups in total. The third-order valence-electron chi connectivity index (χ3n) is 4.10. The Kier molecular flexibility index (Phi) is 3.63. The first-order valence-electron chi connectivity index (χ1n) is 6.76. The van der Waals surface area contributed by atoms with Crippen LogP contribution in [0.5, 0.6) is 5.75 Å². The van der Waals surface area contributed by atoms with E-state index >= 15 is 0 Å². The van der Waals surface area contributed by atoms with Gasteiger partial charge in [0, 0.05) is 18.4 Å². The normalized spacial score (nSPS) is 24.8. The molecule has 19 heavy (non-hydrogen) atoms. The Labute approximate surface area is 121 Å². The lowest BCUT2D eigenvalue weighted by Gasteiger charge is -2.46. The second-order valence-corrected chi connectivity index (χ2v) is 6.28. The Bertz CT molecular complexity index is 482. The highest BCUT2D eigenvalue weighted by Gasteiger charge is 2.43. The second kappa shape index (κ2) is 5.25. The first kappa shape index (κ1) is 13.1. The molecule has 1 saturated heterocycles. The van der Waals surface area contributed by atoms with E-state index in [2.05, 4.69) is 15.9 Å². The summed E-state index contributed by atoms with van der Waals surface area (Å²) >= 11 is 3.46. The average Bonchev–Trinajstić information content (AvgIpc) is 2.39. The quantitative estimate of drug-likeness (QED) is 0.794. The molecule has 1 aromatic rings. The Hall–Kier alpha value is -0.870. The van der Waals surface area contributed by atoms with Crippen LogP contribution in [0.2, 0.25) is 0 Å². The minimum Gasteiger partial charge on any atom is -0.489 e. The van der Waals surface area contributed by atoms with Crippen LogP contribution < -0.4 is 4.74 Å². The van der Waals surface area contributed by atoms with Crippen molar-refractivity contribution in [2.24, 2.45) is 0 Å². The molecule has 1 aliphatic heterocycles.